The van der Waals surface area contributed by atoms with Crippen molar-refractivity contribution in [2.24, 2.45) is 0 Å². The zero-order chi connectivity index (χ0) is 16.4. The molecular formula is C15H23O4PTi. The molecule has 0 saturated carbocycles. The van der Waals surface area contributed by atoms with E-state index in [2.05, 4.69) is 25.7 Å². The van der Waals surface area contributed by atoms with Crippen molar-refractivity contribution in [3.63, 3.8) is 0 Å². The monoisotopic (exact) mass is 346 g/mol. The smallest absolute Gasteiger partial charge is 0.153 e. The molecule has 0 fully saturated rings. The number of ether oxygens (including phenoxy) is 2. The molecule has 4 nitrogen and oxygen atoms in total. The fraction of sp³-hybridized carbons (Fsp3) is 0.467. The maximum Gasteiger partial charge on any atom is -0.153 e. The summed E-state index contributed by atoms with van der Waals surface area (Å²) >= 11 is -0.215. The molecule has 1 aromatic heterocycles. The van der Waals surface area contributed by atoms with Crippen LogP contribution in [0.3, 0.4) is 0 Å². The summed E-state index contributed by atoms with van der Waals surface area (Å²) in [5.41, 5.74) is 2.97. The molecule has 0 bridgehead atoms. The summed E-state index contributed by atoms with van der Waals surface area (Å²) in [4.78, 5) is 0. The fourth-order valence-electron chi connectivity index (χ4n) is 1.91. The molecule has 1 aliphatic rings. The first-order chi connectivity index (χ1) is 10.2. The van der Waals surface area contributed by atoms with Crippen LogP contribution < -0.4 is 13.8 Å². The van der Waals surface area contributed by atoms with Crippen LogP contribution in [0.2, 0.25) is 0 Å². The van der Waals surface area contributed by atoms with E-state index in [0.29, 0.717) is 0 Å². The van der Waals surface area contributed by atoms with Crippen molar-refractivity contribution in [1.29, 1.82) is 0 Å². The van der Waals surface area contributed by atoms with Crippen molar-refractivity contribution < 1.29 is 38.8 Å². The molecular weight excluding hydrogens is 323 g/mol. The summed E-state index contributed by atoms with van der Waals surface area (Å²) in [6.45, 7) is 4.46. The van der Waals surface area contributed by atoms with Crippen molar-refractivity contribution in [3.05, 3.63) is 38.4 Å². The molecule has 116 valence electrons. The Morgan fingerprint density at radius 3 is 2.14 bits per heavy atom. The minimum absolute atomic E-state index is 0.215. The van der Waals surface area contributed by atoms with Crippen LogP contribution >= 0.6 is 8.19 Å². The average Bonchev–Trinajstić information content (AvgIpc) is 3.09. The molecule has 0 spiro atoms. The maximum absolute atomic E-state index is 8.25. The van der Waals surface area contributed by atoms with Crippen LogP contribution in [0, 0.1) is 13.8 Å². The van der Waals surface area contributed by atoms with Crippen LogP contribution in [-0.2, 0) is 28.6 Å². The molecule has 0 saturated heterocycles. The molecule has 6 heteroatoms. The second-order valence-corrected chi connectivity index (χ2v) is 8.06. The number of hydrogen-bond donors (Lipinski definition) is 0. The van der Waals surface area contributed by atoms with Gasteiger partial charge < -0.3 is 10.2 Å². The summed E-state index contributed by atoms with van der Waals surface area (Å²) in [7, 11) is 5.84. The van der Waals surface area contributed by atoms with Crippen LogP contribution in [-0.4, -0.2) is 28.4 Å². The molecule has 1 aromatic rings. The second-order valence-electron chi connectivity index (χ2n) is 4.09. The summed E-state index contributed by atoms with van der Waals surface area (Å²) in [5, 5.41) is 16.5. The number of rotatable bonds is 4. The molecule has 0 N–H and O–H groups in total. The van der Waals surface area contributed by atoms with Gasteiger partial charge in [0.05, 0.1) is 0 Å². The van der Waals surface area contributed by atoms with Gasteiger partial charge in [-0.25, -0.2) is 0 Å². The van der Waals surface area contributed by atoms with Gasteiger partial charge in [0.15, 0.2) is 0 Å². The van der Waals surface area contributed by atoms with Gasteiger partial charge in [-0.05, 0) is 0 Å². The van der Waals surface area contributed by atoms with Crippen LogP contribution in [0.4, 0.5) is 0 Å². The molecule has 1 unspecified atom stereocenters. The summed E-state index contributed by atoms with van der Waals surface area (Å²) in [6.07, 6.45) is 3.14. The van der Waals surface area contributed by atoms with Crippen LogP contribution in [0.15, 0.2) is 27.3 Å². The molecule has 0 radical (unpaired) electrons. The molecule has 2 rings (SSSR count). The van der Waals surface area contributed by atoms with Gasteiger partial charge in [0.2, 0.25) is 0 Å². The van der Waals surface area contributed by atoms with Crippen molar-refractivity contribution in [2.75, 3.05) is 28.4 Å². The minimum Gasteiger partial charge on any atom is -0.857 e. The molecule has 1 atom stereocenters. The van der Waals surface area contributed by atoms with E-state index in [0.717, 1.165) is 40.4 Å². The fourth-order valence-corrected chi connectivity index (χ4v) is 6.19. The van der Waals surface area contributed by atoms with Gasteiger partial charge in [-0.1, -0.05) is 0 Å². The predicted molar refractivity (Wildman–Crippen MR) is 80.6 cm³/mol. The first kappa shape index (κ1) is 20.5. The minimum atomic E-state index is -0.215. The Bertz CT molecular complexity index is 492. The van der Waals surface area contributed by atoms with Gasteiger partial charge >= 0.3 is 113 Å². The van der Waals surface area contributed by atoms with E-state index in [1.165, 1.54) is 15.0 Å². The predicted octanol–water partition coefficient (Wildman–Crippen LogP) is 0.788. The molecule has 0 aromatic carbocycles. The average molecular weight is 346 g/mol. The Labute approximate surface area is 137 Å². The first-order valence-electron chi connectivity index (χ1n) is 6.42. The van der Waals surface area contributed by atoms with E-state index in [1.807, 2.05) is 0 Å². The SMILES string of the molecule is COC1=CC[C]([Ti+2][c]2[pH]cc(C)c2C)=C1OC.C[O-].C[O-]. The van der Waals surface area contributed by atoms with E-state index < -0.39 is 0 Å². The Balaban J connectivity index is 0.000000921. The van der Waals surface area contributed by atoms with E-state index in [4.69, 9.17) is 19.7 Å². The quantitative estimate of drug-likeness (QED) is 0.756. The van der Waals surface area contributed by atoms with Gasteiger partial charge in [-0.3, -0.25) is 0 Å². The maximum atomic E-state index is 8.25. The largest absolute Gasteiger partial charge is 0.857 e. The van der Waals surface area contributed by atoms with E-state index in [9.17, 15) is 0 Å². The number of hydrogen-bond acceptors (Lipinski definition) is 4. The van der Waals surface area contributed by atoms with Gasteiger partial charge in [0, 0.05) is 0 Å². The van der Waals surface area contributed by atoms with Crippen LogP contribution in [0.5, 0.6) is 0 Å². The normalized spacial score (nSPS) is 12.9. The summed E-state index contributed by atoms with van der Waals surface area (Å²) < 4.78 is 13.9. The van der Waals surface area contributed by atoms with Gasteiger partial charge in [-0.15, -0.1) is 0 Å². The summed E-state index contributed by atoms with van der Waals surface area (Å²) in [6, 6.07) is 0. The number of allylic oxidation sites excluding steroid dienone is 2. The standard InChI is InChI=1S/C7H9O2.C6H8P.2CH3O.Ti/c1-8-6-4-3-5-7(6)9-2;1-5-3-7-4-6(5)2;2*1-2;/h4H,3H2,1-2H3;3,7H,1-2H3;2*1H3;/q;;2*-1;+2. The molecule has 0 aliphatic heterocycles. The van der Waals surface area contributed by atoms with Crippen molar-refractivity contribution in [2.45, 2.75) is 20.3 Å². The Hall–Kier alpha value is -0.506. The van der Waals surface area contributed by atoms with Crippen molar-refractivity contribution >= 4 is 11.8 Å². The topological polar surface area (TPSA) is 64.6 Å². The third kappa shape index (κ3) is 5.32. The molecule has 1 heterocycles. The molecule has 1 aliphatic carbocycles. The van der Waals surface area contributed by atoms with Gasteiger partial charge in [-0.2, -0.15) is 14.2 Å². The zero-order valence-corrected chi connectivity index (χ0v) is 16.1. The van der Waals surface area contributed by atoms with Crippen LogP contribution in [0.1, 0.15) is 17.5 Å². The zero-order valence-electron chi connectivity index (χ0n) is 13.5. The number of methoxy groups -OCH3 is 2. The molecule has 21 heavy (non-hydrogen) atoms. The molecule has 0 amide bonds. The third-order valence-electron chi connectivity index (χ3n) is 3.09. The van der Waals surface area contributed by atoms with Gasteiger partial charge in [0.25, 0.3) is 0 Å². The van der Waals surface area contributed by atoms with Crippen molar-refractivity contribution in [1.82, 2.24) is 0 Å². The van der Waals surface area contributed by atoms with E-state index >= 15 is 0 Å². The van der Waals surface area contributed by atoms with E-state index in [1.54, 1.807) is 17.8 Å². The van der Waals surface area contributed by atoms with E-state index in [-0.39, 0.29) is 19.2 Å². The Kier molecular flexibility index (Phi) is 10.8. The number of aryl methyl sites for hydroxylation is 1. The second kappa shape index (κ2) is 11.1. The van der Waals surface area contributed by atoms with Crippen molar-refractivity contribution in [3.8, 4) is 0 Å². The van der Waals surface area contributed by atoms with Crippen LogP contribution in [0.25, 0.3) is 0 Å². The van der Waals surface area contributed by atoms with Gasteiger partial charge in [0.1, 0.15) is 0 Å². The Morgan fingerprint density at radius 2 is 1.71 bits per heavy atom. The Morgan fingerprint density at radius 1 is 1.10 bits per heavy atom. The summed E-state index contributed by atoms with van der Waals surface area (Å²) in [5.74, 6) is 4.26. The first-order valence-corrected chi connectivity index (χ1v) is 9.06. The third-order valence-corrected chi connectivity index (χ3v) is 7.64.